The standard InChI is InChI=1S/C18H18F4N6OS.4H2/c1-8(2)13(16(29)25-7-18(20,21)22)27-15-10(19)6-24-14(28-15)9-3-4-11-12(5-9)30-17(23)26-11;;;;/h3-6,8,13H,7H2,1-2H3,(H2,23,26)(H,25,29)(H,24,27,28);4*1H/t13-;;;;/m1..../s1. The molecule has 2 aromatic heterocycles. The number of nitrogen functional groups attached to an aromatic ring is 1. The zero-order valence-corrected chi connectivity index (χ0v) is 16.7. The molecule has 3 aromatic rings. The number of anilines is 2. The molecule has 0 saturated heterocycles. The van der Waals surface area contributed by atoms with Crippen molar-refractivity contribution in [2.75, 3.05) is 17.6 Å². The van der Waals surface area contributed by atoms with Crippen molar-refractivity contribution in [3.8, 4) is 11.4 Å². The molecule has 30 heavy (non-hydrogen) atoms. The number of aromatic nitrogens is 3. The molecule has 1 aromatic carbocycles. The molecule has 1 amide bonds. The minimum atomic E-state index is -4.55. The molecule has 0 bridgehead atoms. The monoisotopic (exact) mass is 450 g/mol. The molecular formula is C18H26F4N6OS. The van der Waals surface area contributed by atoms with Crippen molar-refractivity contribution in [2.45, 2.75) is 26.1 Å². The summed E-state index contributed by atoms with van der Waals surface area (Å²) in [4.78, 5) is 24.4. The highest BCUT2D eigenvalue weighted by molar-refractivity contribution is 7.22. The minimum absolute atomic E-state index is 0. The van der Waals surface area contributed by atoms with Gasteiger partial charge in [-0.25, -0.2) is 19.3 Å². The van der Waals surface area contributed by atoms with E-state index in [1.54, 1.807) is 37.4 Å². The SMILES string of the molecule is CC(C)[C@@H](Nc1nc(-c2ccc3nc(N)sc3c2)ncc1F)C(=O)NCC(F)(F)F.[HH].[HH].[HH].[HH]. The van der Waals surface area contributed by atoms with E-state index in [1.807, 2.05) is 0 Å². The molecule has 4 N–H and O–H groups in total. The van der Waals surface area contributed by atoms with Gasteiger partial charge >= 0.3 is 6.18 Å². The molecule has 168 valence electrons. The third-order valence-corrected chi connectivity index (χ3v) is 4.96. The molecule has 7 nitrogen and oxygen atoms in total. The van der Waals surface area contributed by atoms with Crippen LogP contribution < -0.4 is 16.4 Å². The molecule has 0 spiro atoms. The Morgan fingerprint density at radius 3 is 2.70 bits per heavy atom. The van der Waals surface area contributed by atoms with Crippen LogP contribution in [-0.2, 0) is 4.79 Å². The van der Waals surface area contributed by atoms with E-state index in [4.69, 9.17) is 5.73 Å². The van der Waals surface area contributed by atoms with Gasteiger partial charge in [0.05, 0.1) is 16.4 Å². The first-order chi connectivity index (χ1) is 14.0. The molecule has 0 radical (unpaired) electrons. The molecule has 0 aliphatic carbocycles. The van der Waals surface area contributed by atoms with Gasteiger partial charge in [0.1, 0.15) is 12.6 Å². The zero-order valence-electron chi connectivity index (χ0n) is 15.9. The third-order valence-electron chi connectivity index (χ3n) is 4.11. The summed E-state index contributed by atoms with van der Waals surface area (Å²) >= 11 is 1.27. The topological polar surface area (TPSA) is 106 Å². The van der Waals surface area contributed by atoms with Crippen LogP contribution in [0.1, 0.15) is 19.6 Å². The molecule has 1 atom stereocenters. The van der Waals surface area contributed by atoms with E-state index < -0.39 is 36.4 Å². The second-order valence-electron chi connectivity index (χ2n) is 6.82. The number of hydrogen-bond donors (Lipinski definition) is 3. The third kappa shape index (κ3) is 5.12. The van der Waals surface area contributed by atoms with Crippen LogP contribution in [-0.4, -0.2) is 39.6 Å². The van der Waals surface area contributed by atoms with Gasteiger partial charge in [-0.05, 0) is 24.1 Å². The quantitative estimate of drug-likeness (QED) is 0.475. The van der Waals surface area contributed by atoms with E-state index in [2.05, 4.69) is 20.3 Å². The fourth-order valence-corrected chi connectivity index (χ4v) is 3.44. The number of benzene rings is 1. The molecule has 0 fully saturated rings. The van der Waals surface area contributed by atoms with Crippen molar-refractivity contribution in [2.24, 2.45) is 5.92 Å². The highest BCUT2D eigenvalue weighted by Crippen LogP contribution is 2.28. The summed E-state index contributed by atoms with van der Waals surface area (Å²) in [5.74, 6) is -2.30. The van der Waals surface area contributed by atoms with E-state index in [1.165, 1.54) is 11.3 Å². The number of carbonyl (C=O) groups is 1. The molecule has 0 aliphatic heterocycles. The van der Waals surface area contributed by atoms with E-state index in [-0.39, 0.29) is 17.3 Å². The van der Waals surface area contributed by atoms with Crippen LogP contribution in [0, 0.1) is 11.7 Å². The Morgan fingerprint density at radius 1 is 1.30 bits per heavy atom. The van der Waals surface area contributed by atoms with Gasteiger partial charge in [0.25, 0.3) is 0 Å². The lowest BCUT2D eigenvalue weighted by atomic mass is 10.0. The number of amides is 1. The van der Waals surface area contributed by atoms with Crippen molar-refractivity contribution in [3.63, 3.8) is 0 Å². The van der Waals surface area contributed by atoms with Gasteiger partial charge in [-0.2, -0.15) is 13.2 Å². The maximum Gasteiger partial charge on any atom is 0.405 e. The second kappa shape index (κ2) is 8.38. The summed E-state index contributed by atoms with van der Waals surface area (Å²) < 4.78 is 52.3. The highest BCUT2D eigenvalue weighted by atomic mass is 32.1. The molecule has 0 saturated carbocycles. The largest absolute Gasteiger partial charge is 0.405 e. The van der Waals surface area contributed by atoms with E-state index in [0.29, 0.717) is 16.2 Å². The van der Waals surface area contributed by atoms with Crippen molar-refractivity contribution in [1.29, 1.82) is 0 Å². The van der Waals surface area contributed by atoms with Crippen molar-refractivity contribution in [1.82, 2.24) is 20.3 Å². The Labute approximate surface area is 178 Å². The number of nitrogens with two attached hydrogens (primary N) is 1. The van der Waals surface area contributed by atoms with Crippen LogP contribution in [0.5, 0.6) is 0 Å². The first-order valence-corrected chi connectivity index (χ1v) is 9.65. The Morgan fingerprint density at radius 2 is 2.03 bits per heavy atom. The second-order valence-corrected chi connectivity index (χ2v) is 7.89. The number of carbonyl (C=O) groups excluding carboxylic acids is 1. The number of nitrogens with zero attached hydrogens (tertiary/aromatic N) is 3. The summed E-state index contributed by atoms with van der Waals surface area (Å²) in [6, 6.07) is 4.03. The Balaban J connectivity index is 0. The van der Waals surface area contributed by atoms with Crippen LogP contribution >= 0.6 is 11.3 Å². The van der Waals surface area contributed by atoms with E-state index in [0.717, 1.165) is 10.9 Å². The fourth-order valence-electron chi connectivity index (χ4n) is 2.67. The van der Waals surface area contributed by atoms with Gasteiger partial charge in [-0.3, -0.25) is 4.79 Å². The average molecular weight is 451 g/mol. The van der Waals surface area contributed by atoms with E-state index in [9.17, 15) is 22.4 Å². The van der Waals surface area contributed by atoms with Crippen molar-refractivity contribution >= 4 is 38.4 Å². The lowest BCUT2D eigenvalue weighted by Crippen LogP contribution is -2.46. The summed E-state index contributed by atoms with van der Waals surface area (Å²) in [6.45, 7) is 1.76. The highest BCUT2D eigenvalue weighted by Gasteiger charge is 2.31. The number of fused-ring (bicyclic) bond motifs is 1. The molecule has 2 heterocycles. The van der Waals surface area contributed by atoms with Crippen LogP contribution in [0.25, 0.3) is 21.6 Å². The summed E-state index contributed by atoms with van der Waals surface area (Å²) in [7, 11) is 0. The Bertz CT molecular complexity index is 1090. The minimum Gasteiger partial charge on any atom is -0.375 e. The van der Waals surface area contributed by atoms with Crippen LogP contribution in [0.3, 0.4) is 0 Å². The zero-order chi connectivity index (χ0) is 22.1. The molecule has 0 aliphatic rings. The lowest BCUT2D eigenvalue weighted by molar-refractivity contribution is -0.139. The maximum atomic E-state index is 14.3. The van der Waals surface area contributed by atoms with Crippen molar-refractivity contribution in [3.05, 3.63) is 30.2 Å². The molecular weight excluding hydrogens is 424 g/mol. The van der Waals surface area contributed by atoms with Gasteiger partial charge in [-0.15, -0.1) is 0 Å². The number of alkyl halides is 3. The predicted octanol–water partition coefficient (Wildman–Crippen LogP) is 4.57. The fraction of sp³-hybridized carbons (Fsp3) is 0.333. The number of hydrogen-bond acceptors (Lipinski definition) is 7. The number of halogens is 4. The lowest BCUT2D eigenvalue weighted by Gasteiger charge is -2.23. The summed E-state index contributed by atoms with van der Waals surface area (Å²) in [6.07, 6.45) is -3.62. The van der Waals surface area contributed by atoms with Crippen LogP contribution in [0.15, 0.2) is 24.4 Å². The summed E-state index contributed by atoms with van der Waals surface area (Å²) in [5.41, 5.74) is 6.96. The molecule has 3 rings (SSSR count). The van der Waals surface area contributed by atoms with Gasteiger partial charge in [0, 0.05) is 11.3 Å². The maximum absolute atomic E-state index is 14.3. The smallest absolute Gasteiger partial charge is 0.375 e. The number of thiazole rings is 1. The normalized spacial score (nSPS) is 12.9. The Kier molecular flexibility index (Phi) is 6.06. The van der Waals surface area contributed by atoms with Gasteiger partial charge in [-0.1, -0.05) is 25.2 Å². The van der Waals surface area contributed by atoms with Gasteiger partial charge < -0.3 is 16.4 Å². The summed E-state index contributed by atoms with van der Waals surface area (Å²) in [5, 5.41) is 4.80. The molecule has 12 heteroatoms. The average Bonchev–Trinajstić information content (AvgIpc) is 3.03. The number of rotatable bonds is 6. The van der Waals surface area contributed by atoms with E-state index >= 15 is 0 Å². The number of nitrogens with one attached hydrogen (secondary N) is 2. The van der Waals surface area contributed by atoms with Crippen molar-refractivity contribution < 1.29 is 28.1 Å². The predicted molar refractivity (Wildman–Crippen MR) is 115 cm³/mol. The first-order valence-electron chi connectivity index (χ1n) is 8.83. The van der Waals surface area contributed by atoms with Crippen LogP contribution in [0.4, 0.5) is 28.5 Å². The first kappa shape index (κ1) is 21.7. The van der Waals surface area contributed by atoms with Crippen LogP contribution in [0.2, 0.25) is 0 Å². The van der Waals surface area contributed by atoms with Gasteiger partial charge in [0.2, 0.25) is 5.91 Å². The Hall–Kier alpha value is -3.02. The molecule has 0 unspecified atom stereocenters. The van der Waals surface area contributed by atoms with Gasteiger partial charge in [0.15, 0.2) is 22.6 Å².